The van der Waals surface area contributed by atoms with Crippen LogP contribution in [0.1, 0.15) is 54.7 Å². The summed E-state index contributed by atoms with van der Waals surface area (Å²) in [5.41, 5.74) is 9.28. The third-order valence-corrected chi connectivity index (χ3v) is 5.79. The van der Waals surface area contributed by atoms with E-state index in [9.17, 15) is 9.59 Å². The van der Waals surface area contributed by atoms with E-state index in [4.69, 9.17) is 5.73 Å². The molecule has 4 nitrogen and oxygen atoms in total. The molecule has 1 saturated carbocycles. The lowest BCUT2D eigenvalue weighted by Crippen LogP contribution is -2.42. The van der Waals surface area contributed by atoms with Gasteiger partial charge in [0.25, 0.3) is 0 Å². The van der Waals surface area contributed by atoms with Crippen molar-refractivity contribution in [1.82, 2.24) is 4.90 Å². The molecule has 2 aliphatic rings. The molecular formula is C20H28N2O2. The Labute approximate surface area is 144 Å². The van der Waals surface area contributed by atoms with Crippen LogP contribution in [0.25, 0.3) is 0 Å². The maximum absolute atomic E-state index is 12.8. The van der Waals surface area contributed by atoms with Crippen molar-refractivity contribution in [3.8, 4) is 0 Å². The number of primary amides is 1. The molecule has 2 amide bonds. The summed E-state index contributed by atoms with van der Waals surface area (Å²) in [6, 6.07) is 6.62. The van der Waals surface area contributed by atoms with Crippen LogP contribution in [0.5, 0.6) is 0 Å². The van der Waals surface area contributed by atoms with E-state index in [0.717, 1.165) is 0 Å². The van der Waals surface area contributed by atoms with Crippen molar-refractivity contribution in [1.29, 1.82) is 0 Å². The molecule has 1 atom stereocenters. The van der Waals surface area contributed by atoms with Crippen LogP contribution in [0.15, 0.2) is 18.2 Å². The number of nitrogens with two attached hydrogens (primary N) is 1. The minimum atomic E-state index is -0.229. The van der Waals surface area contributed by atoms with Crippen molar-refractivity contribution in [3.63, 3.8) is 0 Å². The standard InChI is InChI=1S/C20H28N2O2/c1-13-3-4-17(11-14(13)2)18(15-5-6-15)12-19(23)22-9-7-16(8-10-22)20(21)24/h3-4,11,15-16,18H,5-10,12H2,1-2H3,(H2,21,24). The number of hydrogen-bond acceptors (Lipinski definition) is 2. The number of piperidine rings is 1. The van der Waals surface area contributed by atoms with Crippen molar-refractivity contribution >= 4 is 11.8 Å². The maximum Gasteiger partial charge on any atom is 0.223 e. The van der Waals surface area contributed by atoms with Gasteiger partial charge in [0.15, 0.2) is 0 Å². The monoisotopic (exact) mass is 328 g/mol. The molecule has 1 unspecified atom stereocenters. The Morgan fingerprint density at radius 1 is 1.12 bits per heavy atom. The van der Waals surface area contributed by atoms with E-state index in [-0.39, 0.29) is 17.7 Å². The molecule has 3 rings (SSSR count). The van der Waals surface area contributed by atoms with Gasteiger partial charge in [-0.15, -0.1) is 0 Å². The smallest absolute Gasteiger partial charge is 0.223 e. The molecule has 1 saturated heterocycles. The fraction of sp³-hybridized carbons (Fsp3) is 0.600. The number of likely N-dealkylation sites (tertiary alicyclic amines) is 1. The zero-order chi connectivity index (χ0) is 17.3. The molecule has 0 radical (unpaired) electrons. The van der Waals surface area contributed by atoms with Gasteiger partial charge in [0.1, 0.15) is 0 Å². The maximum atomic E-state index is 12.8. The molecule has 2 fully saturated rings. The first-order valence-electron chi connectivity index (χ1n) is 9.10. The Kier molecular flexibility index (Phi) is 4.93. The molecule has 1 aromatic rings. The summed E-state index contributed by atoms with van der Waals surface area (Å²) < 4.78 is 0. The summed E-state index contributed by atoms with van der Waals surface area (Å²) in [5.74, 6) is 0.930. The lowest BCUT2D eigenvalue weighted by atomic mass is 9.88. The fourth-order valence-corrected chi connectivity index (χ4v) is 3.78. The molecule has 0 bridgehead atoms. The average Bonchev–Trinajstić information content (AvgIpc) is 3.40. The van der Waals surface area contributed by atoms with Gasteiger partial charge in [-0.1, -0.05) is 18.2 Å². The van der Waals surface area contributed by atoms with E-state index in [2.05, 4.69) is 32.0 Å². The van der Waals surface area contributed by atoms with Gasteiger partial charge in [-0.2, -0.15) is 0 Å². The highest BCUT2D eigenvalue weighted by atomic mass is 16.2. The van der Waals surface area contributed by atoms with Gasteiger partial charge >= 0.3 is 0 Å². The highest BCUT2D eigenvalue weighted by Gasteiger charge is 2.35. The third-order valence-electron chi connectivity index (χ3n) is 5.79. The van der Waals surface area contributed by atoms with Gasteiger partial charge in [-0.25, -0.2) is 0 Å². The normalized spacial score (nSPS) is 20.0. The number of benzene rings is 1. The second-order valence-corrected chi connectivity index (χ2v) is 7.55. The first-order chi connectivity index (χ1) is 11.5. The van der Waals surface area contributed by atoms with Crippen molar-refractivity contribution in [2.75, 3.05) is 13.1 Å². The van der Waals surface area contributed by atoms with Crippen molar-refractivity contribution in [2.24, 2.45) is 17.6 Å². The zero-order valence-electron chi connectivity index (χ0n) is 14.8. The molecule has 2 N–H and O–H groups in total. The average molecular weight is 328 g/mol. The first kappa shape index (κ1) is 17.0. The summed E-state index contributed by atoms with van der Waals surface area (Å²) in [6.45, 7) is 5.59. The van der Waals surface area contributed by atoms with Crippen LogP contribution in [0.2, 0.25) is 0 Å². The summed E-state index contributed by atoms with van der Waals surface area (Å²) in [4.78, 5) is 25.9. The lowest BCUT2D eigenvalue weighted by molar-refractivity contribution is -0.135. The Hall–Kier alpha value is -1.84. The molecule has 1 aromatic carbocycles. The van der Waals surface area contributed by atoms with Crippen LogP contribution < -0.4 is 5.73 Å². The highest BCUT2D eigenvalue weighted by molar-refractivity contribution is 5.79. The van der Waals surface area contributed by atoms with Crippen LogP contribution in [0.4, 0.5) is 0 Å². The quantitative estimate of drug-likeness (QED) is 0.903. The number of hydrogen-bond donors (Lipinski definition) is 1. The second-order valence-electron chi connectivity index (χ2n) is 7.55. The summed E-state index contributed by atoms with van der Waals surface area (Å²) in [7, 11) is 0. The molecular weight excluding hydrogens is 300 g/mol. The Balaban J connectivity index is 1.65. The number of carbonyl (C=O) groups is 2. The zero-order valence-corrected chi connectivity index (χ0v) is 14.8. The Bertz CT molecular complexity index is 629. The summed E-state index contributed by atoms with van der Waals surface area (Å²) in [6.07, 6.45) is 4.47. The van der Waals surface area contributed by atoms with Crippen LogP contribution in [0, 0.1) is 25.7 Å². The number of rotatable bonds is 5. The third kappa shape index (κ3) is 3.80. The van der Waals surface area contributed by atoms with E-state index in [1.807, 2.05) is 4.90 Å². The molecule has 4 heteroatoms. The van der Waals surface area contributed by atoms with Crippen molar-refractivity contribution in [2.45, 2.75) is 51.9 Å². The fourth-order valence-electron chi connectivity index (χ4n) is 3.78. The minimum absolute atomic E-state index is 0.0620. The molecule has 1 aliphatic carbocycles. The van der Waals surface area contributed by atoms with Gasteiger partial charge in [0.05, 0.1) is 0 Å². The lowest BCUT2D eigenvalue weighted by Gasteiger charge is -2.32. The van der Waals surface area contributed by atoms with E-state index >= 15 is 0 Å². The minimum Gasteiger partial charge on any atom is -0.369 e. The van der Waals surface area contributed by atoms with E-state index in [1.54, 1.807) is 0 Å². The van der Waals surface area contributed by atoms with Gasteiger partial charge in [0, 0.05) is 25.4 Å². The number of nitrogens with zero attached hydrogens (tertiary/aromatic N) is 1. The molecule has 1 heterocycles. The summed E-state index contributed by atoms with van der Waals surface area (Å²) in [5, 5.41) is 0. The van der Waals surface area contributed by atoms with Gasteiger partial charge in [0.2, 0.25) is 11.8 Å². The number of aryl methyl sites for hydroxylation is 2. The molecule has 1 aliphatic heterocycles. The van der Waals surface area contributed by atoms with E-state index < -0.39 is 0 Å². The van der Waals surface area contributed by atoms with Crippen LogP contribution >= 0.6 is 0 Å². The number of amides is 2. The molecule has 0 aromatic heterocycles. The van der Waals surface area contributed by atoms with E-state index in [1.165, 1.54) is 29.5 Å². The van der Waals surface area contributed by atoms with Crippen molar-refractivity contribution < 1.29 is 9.59 Å². The van der Waals surface area contributed by atoms with E-state index in [0.29, 0.717) is 44.2 Å². The van der Waals surface area contributed by atoms with Gasteiger partial charge in [-0.05, 0) is 68.1 Å². The van der Waals surface area contributed by atoms with Crippen molar-refractivity contribution in [3.05, 3.63) is 34.9 Å². The number of carbonyl (C=O) groups excluding carboxylic acids is 2. The van der Waals surface area contributed by atoms with Crippen LogP contribution in [-0.4, -0.2) is 29.8 Å². The summed E-state index contributed by atoms with van der Waals surface area (Å²) >= 11 is 0. The highest BCUT2D eigenvalue weighted by Crippen LogP contribution is 2.45. The van der Waals surface area contributed by atoms with Gasteiger partial charge < -0.3 is 10.6 Å². The van der Waals surface area contributed by atoms with Crippen LogP contribution in [-0.2, 0) is 9.59 Å². The topological polar surface area (TPSA) is 63.4 Å². The van der Waals surface area contributed by atoms with Gasteiger partial charge in [-0.3, -0.25) is 9.59 Å². The molecule has 0 spiro atoms. The predicted molar refractivity (Wildman–Crippen MR) is 94.5 cm³/mol. The Morgan fingerprint density at radius 3 is 2.33 bits per heavy atom. The molecule has 130 valence electrons. The van der Waals surface area contributed by atoms with Crippen LogP contribution in [0.3, 0.4) is 0 Å². The second kappa shape index (κ2) is 6.96. The predicted octanol–water partition coefficient (Wildman–Crippen LogP) is 2.91. The largest absolute Gasteiger partial charge is 0.369 e. The SMILES string of the molecule is Cc1ccc(C(CC(=O)N2CCC(C(N)=O)CC2)C2CC2)cc1C. The Morgan fingerprint density at radius 2 is 1.79 bits per heavy atom. The first-order valence-corrected chi connectivity index (χ1v) is 9.10. The molecule has 24 heavy (non-hydrogen) atoms.